The summed E-state index contributed by atoms with van der Waals surface area (Å²) in [4.78, 5) is 26.6. The predicted octanol–water partition coefficient (Wildman–Crippen LogP) is 3.20. The van der Waals surface area contributed by atoms with Gasteiger partial charge < -0.3 is 19.5 Å². The lowest BCUT2D eigenvalue weighted by Gasteiger charge is -2.25. The van der Waals surface area contributed by atoms with Gasteiger partial charge in [-0.1, -0.05) is 18.2 Å². The minimum atomic E-state index is -0.451. The van der Waals surface area contributed by atoms with E-state index >= 15 is 0 Å². The Morgan fingerprint density at radius 1 is 1.15 bits per heavy atom. The molecule has 1 atom stereocenters. The molecule has 2 saturated heterocycles. The van der Waals surface area contributed by atoms with Crippen molar-refractivity contribution in [3.05, 3.63) is 53.3 Å². The van der Waals surface area contributed by atoms with Crippen LogP contribution in [0.15, 0.2) is 36.4 Å². The normalized spacial score (nSPS) is 22.4. The lowest BCUT2D eigenvalue weighted by atomic mass is 9.95. The van der Waals surface area contributed by atoms with Crippen molar-refractivity contribution in [2.24, 2.45) is 0 Å². The van der Waals surface area contributed by atoms with Gasteiger partial charge in [0, 0.05) is 36.6 Å². The Bertz CT molecular complexity index is 874. The maximum Gasteiger partial charge on any atom is 0.407 e. The monoisotopic (exact) mass is 367 g/mol. The maximum absolute atomic E-state index is 13.2. The second-order valence-corrected chi connectivity index (χ2v) is 7.53. The number of rotatable bonds is 2. The van der Waals surface area contributed by atoms with E-state index in [0.717, 1.165) is 35.5 Å². The van der Waals surface area contributed by atoms with E-state index in [2.05, 4.69) is 9.88 Å². The fraction of sp³-hybridized carbons (Fsp3) is 0.429. The van der Waals surface area contributed by atoms with Crippen molar-refractivity contribution in [2.45, 2.75) is 38.7 Å². The van der Waals surface area contributed by atoms with Crippen molar-refractivity contribution in [2.75, 3.05) is 19.6 Å². The summed E-state index contributed by atoms with van der Waals surface area (Å²) in [7, 11) is 0. The first-order valence-electron chi connectivity index (χ1n) is 9.50. The molecule has 0 saturated carbocycles. The molecule has 142 valence electrons. The average molecular weight is 367 g/mol. The van der Waals surface area contributed by atoms with Gasteiger partial charge in [-0.15, -0.1) is 0 Å². The number of alkyl carbamates (subject to hydrolysis) is 1. The Labute approximate surface area is 159 Å². The largest absolute Gasteiger partial charge is 0.441 e. The first-order chi connectivity index (χ1) is 13.0. The van der Waals surface area contributed by atoms with Crippen molar-refractivity contribution in [3.8, 4) is 5.69 Å². The van der Waals surface area contributed by atoms with Crippen LogP contribution in [0.2, 0.25) is 0 Å². The molecule has 2 fully saturated rings. The molecule has 1 N–H and O–H groups in total. The molecule has 0 aliphatic carbocycles. The fourth-order valence-corrected chi connectivity index (χ4v) is 4.28. The van der Waals surface area contributed by atoms with Crippen molar-refractivity contribution in [3.63, 3.8) is 0 Å². The zero-order chi connectivity index (χ0) is 19.0. The molecule has 0 bridgehead atoms. The molecule has 2 aliphatic rings. The third kappa shape index (κ3) is 3.20. The minimum Gasteiger partial charge on any atom is -0.441 e. The summed E-state index contributed by atoms with van der Waals surface area (Å²) in [5.41, 5.74) is 3.35. The van der Waals surface area contributed by atoms with E-state index in [0.29, 0.717) is 26.1 Å². The lowest BCUT2D eigenvalue weighted by Crippen LogP contribution is -2.36. The summed E-state index contributed by atoms with van der Waals surface area (Å²) in [5.74, 6) is 0.0552. The number of carbonyl (C=O) groups is 2. The zero-order valence-electron chi connectivity index (χ0n) is 15.8. The molecule has 6 nitrogen and oxygen atoms in total. The van der Waals surface area contributed by atoms with Crippen LogP contribution in [0.5, 0.6) is 0 Å². The molecule has 6 heteroatoms. The standard InChI is InChI=1S/C21H25N3O3/c1-15-13-18(16(2)24(15)17-7-4-3-5-8-17)19(25)23-11-6-9-21(10-12-23)14-22-20(26)27-21/h3-5,7-8,13H,6,9-12,14H2,1-2H3,(H,22,26)/t21-/m1/s1. The quantitative estimate of drug-likeness (QED) is 0.887. The molecule has 1 spiro atoms. The predicted molar refractivity (Wildman–Crippen MR) is 102 cm³/mol. The highest BCUT2D eigenvalue weighted by Gasteiger charge is 2.42. The van der Waals surface area contributed by atoms with Crippen molar-refractivity contribution < 1.29 is 14.3 Å². The van der Waals surface area contributed by atoms with Crippen LogP contribution < -0.4 is 5.32 Å². The smallest absolute Gasteiger partial charge is 0.407 e. The molecule has 2 aromatic rings. The van der Waals surface area contributed by atoms with Crippen LogP contribution in [0, 0.1) is 13.8 Å². The van der Waals surface area contributed by atoms with E-state index in [4.69, 9.17) is 4.74 Å². The van der Waals surface area contributed by atoms with Gasteiger partial charge in [-0.2, -0.15) is 0 Å². The lowest BCUT2D eigenvalue weighted by molar-refractivity contribution is 0.0438. The Morgan fingerprint density at radius 2 is 1.93 bits per heavy atom. The van der Waals surface area contributed by atoms with E-state index < -0.39 is 5.60 Å². The van der Waals surface area contributed by atoms with E-state index in [1.807, 2.05) is 55.1 Å². The van der Waals surface area contributed by atoms with Crippen LogP contribution >= 0.6 is 0 Å². The van der Waals surface area contributed by atoms with Crippen LogP contribution in [0.1, 0.15) is 41.0 Å². The number of hydrogen-bond acceptors (Lipinski definition) is 3. The fourth-order valence-electron chi connectivity index (χ4n) is 4.28. The number of amides is 2. The summed E-state index contributed by atoms with van der Waals surface area (Å²) in [6.07, 6.45) is 1.95. The van der Waals surface area contributed by atoms with Gasteiger partial charge in [0.2, 0.25) is 0 Å². The highest BCUT2D eigenvalue weighted by atomic mass is 16.6. The number of likely N-dealkylation sites (tertiary alicyclic amines) is 1. The molecular formula is C21H25N3O3. The number of benzene rings is 1. The van der Waals surface area contributed by atoms with Gasteiger partial charge >= 0.3 is 6.09 Å². The molecule has 4 rings (SSSR count). The second-order valence-electron chi connectivity index (χ2n) is 7.53. The molecule has 3 heterocycles. The molecule has 2 aliphatic heterocycles. The van der Waals surface area contributed by atoms with Crippen LogP contribution in [0.4, 0.5) is 4.79 Å². The van der Waals surface area contributed by atoms with Crippen LogP contribution in [-0.4, -0.2) is 46.7 Å². The van der Waals surface area contributed by atoms with Gasteiger partial charge in [0.15, 0.2) is 0 Å². The summed E-state index contributed by atoms with van der Waals surface area (Å²) < 4.78 is 7.64. The summed E-state index contributed by atoms with van der Waals surface area (Å²) in [6.45, 7) is 5.85. The van der Waals surface area contributed by atoms with E-state index in [1.54, 1.807) is 0 Å². The Hall–Kier alpha value is -2.76. The van der Waals surface area contributed by atoms with Gasteiger partial charge in [0.1, 0.15) is 5.60 Å². The molecule has 1 aromatic heterocycles. The Balaban J connectivity index is 1.56. The number of nitrogens with one attached hydrogen (secondary N) is 1. The number of aromatic nitrogens is 1. The van der Waals surface area contributed by atoms with Crippen molar-refractivity contribution in [1.82, 2.24) is 14.8 Å². The van der Waals surface area contributed by atoms with Crippen molar-refractivity contribution >= 4 is 12.0 Å². The molecule has 2 amide bonds. The first kappa shape index (κ1) is 17.6. The first-order valence-corrected chi connectivity index (χ1v) is 9.50. The van der Waals surface area contributed by atoms with Gasteiger partial charge in [0.05, 0.1) is 12.1 Å². The number of hydrogen-bond donors (Lipinski definition) is 1. The summed E-state index contributed by atoms with van der Waals surface area (Å²) >= 11 is 0. The van der Waals surface area contributed by atoms with Crippen LogP contribution in [0.25, 0.3) is 5.69 Å². The molecule has 0 radical (unpaired) electrons. The highest BCUT2D eigenvalue weighted by Crippen LogP contribution is 2.30. The number of carbonyl (C=O) groups excluding carboxylic acids is 2. The van der Waals surface area contributed by atoms with E-state index in [1.165, 1.54) is 0 Å². The number of ether oxygens (including phenoxy) is 1. The summed E-state index contributed by atoms with van der Waals surface area (Å²) in [6, 6.07) is 12.1. The van der Waals surface area contributed by atoms with E-state index in [-0.39, 0.29) is 12.0 Å². The third-order valence-corrected chi connectivity index (χ3v) is 5.73. The third-order valence-electron chi connectivity index (χ3n) is 5.73. The summed E-state index contributed by atoms with van der Waals surface area (Å²) in [5, 5.41) is 2.75. The average Bonchev–Trinajstić information content (AvgIpc) is 3.08. The van der Waals surface area contributed by atoms with Gasteiger partial charge in [-0.25, -0.2) is 4.79 Å². The minimum absolute atomic E-state index is 0.0552. The number of aryl methyl sites for hydroxylation is 1. The molecular weight excluding hydrogens is 342 g/mol. The SMILES string of the molecule is Cc1cc(C(=O)N2CCC[C@@]3(CC2)CNC(=O)O3)c(C)n1-c1ccccc1. The van der Waals surface area contributed by atoms with Crippen LogP contribution in [-0.2, 0) is 4.74 Å². The second kappa shape index (κ2) is 6.76. The Kier molecular flexibility index (Phi) is 4.42. The van der Waals surface area contributed by atoms with E-state index in [9.17, 15) is 9.59 Å². The molecule has 0 unspecified atom stereocenters. The number of nitrogens with zero attached hydrogens (tertiary/aromatic N) is 2. The highest BCUT2D eigenvalue weighted by molar-refractivity contribution is 5.96. The van der Waals surface area contributed by atoms with Gasteiger partial charge in [-0.3, -0.25) is 4.79 Å². The zero-order valence-corrected chi connectivity index (χ0v) is 15.8. The Morgan fingerprint density at radius 3 is 2.63 bits per heavy atom. The maximum atomic E-state index is 13.2. The van der Waals surface area contributed by atoms with Crippen LogP contribution in [0.3, 0.4) is 0 Å². The molecule has 27 heavy (non-hydrogen) atoms. The number of para-hydroxylation sites is 1. The molecule has 1 aromatic carbocycles. The van der Waals surface area contributed by atoms with Gasteiger partial charge in [0.25, 0.3) is 5.91 Å². The van der Waals surface area contributed by atoms with Gasteiger partial charge in [-0.05, 0) is 44.9 Å². The van der Waals surface area contributed by atoms with Crippen molar-refractivity contribution in [1.29, 1.82) is 0 Å². The topological polar surface area (TPSA) is 63.6 Å².